The molecule has 0 N–H and O–H groups in total. The molecule has 0 bridgehead atoms. The van der Waals surface area contributed by atoms with Gasteiger partial charge in [0.1, 0.15) is 11.6 Å². The van der Waals surface area contributed by atoms with E-state index in [1.807, 2.05) is 6.92 Å². The number of halogens is 3. The third kappa shape index (κ3) is 5.21. The molecule has 0 aliphatic heterocycles. The Morgan fingerprint density at radius 3 is 2.41 bits per heavy atom. The Morgan fingerprint density at radius 2 is 1.76 bits per heavy atom. The molecule has 2 aromatic carbocycles. The van der Waals surface area contributed by atoms with Crippen LogP contribution in [0.4, 0.5) is 13.2 Å². The molecule has 0 amide bonds. The third-order valence-electron chi connectivity index (χ3n) is 5.41. The van der Waals surface area contributed by atoms with Crippen molar-refractivity contribution in [3.8, 4) is 5.75 Å². The first-order chi connectivity index (χ1) is 14.0. The standard InChI is InChI=1S/C24H27F3O2/c1-3-5-17-6-7-18(24(27)23(17)26)15-29-19-10-8-16(9-11-19)21-13-12-20(28-4-2)14-22(21)25/h3,5-7,12-14,16,19H,4,8-11,15H2,1-2H3/b5-3+. The van der Waals surface area contributed by atoms with Crippen molar-refractivity contribution in [3.05, 3.63) is 70.5 Å². The van der Waals surface area contributed by atoms with Crippen LogP contribution in [0.25, 0.3) is 6.08 Å². The summed E-state index contributed by atoms with van der Waals surface area (Å²) >= 11 is 0. The Labute approximate surface area is 170 Å². The average Bonchev–Trinajstić information content (AvgIpc) is 2.72. The first-order valence-electron chi connectivity index (χ1n) is 10.2. The van der Waals surface area contributed by atoms with E-state index in [0.29, 0.717) is 17.9 Å². The van der Waals surface area contributed by atoms with E-state index in [1.54, 1.807) is 37.3 Å². The molecule has 2 aromatic rings. The van der Waals surface area contributed by atoms with Crippen molar-refractivity contribution >= 4 is 6.08 Å². The highest BCUT2D eigenvalue weighted by molar-refractivity contribution is 5.50. The van der Waals surface area contributed by atoms with Gasteiger partial charge in [0.2, 0.25) is 0 Å². The molecule has 0 unspecified atom stereocenters. The number of hydrogen-bond acceptors (Lipinski definition) is 2. The quantitative estimate of drug-likeness (QED) is 0.506. The van der Waals surface area contributed by atoms with Crippen LogP contribution in [-0.4, -0.2) is 12.7 Å². The molecule has 0 heterocycles. The lowest BCUT2D eigenvalue weighted by molar-refractivity contribution is 0.0117. The molecule has 5 heteroatoms. The molecular weight excluding hydrogens is 377 g/mol. The van der Waals surface area contributed by atoms with Gasteiger partial charge in [-0.1, -0.05) is 30.4 Å². The van der Waals surface area contributed by atoms with Gasteiger partial charge in [0.05, 0.1) is 19.3 Å². The van der Waals surface area contributed by atoms with Gasteiger partial charge in [-0.25, -0.2) is 13.2 Å². The maximum absolute atomic E-state index is 14.4. The minimum atomic E-state index is -0.856. The summed E-state index contributed by atoms with van der Waals surface area (Å²) in [7, 11) is 0. The molecule has 0 atom stereocenters. The smallest absolute Gasteiger partial charge is 0.166 e. The van der Waals surface area contributed by atoms with E-state index in [0.717, 1.165) is 25.7 Å². The zero-order chi connectivity index (χ0) is 20.8. The molecule has 1 aliphatic carbocycles. The zero-order valence-corrected chi connectivity index (χ0v) is 16.9. The molecule has 0 spiro atoms. The van der Waals surface area contributed by atoms with Crippen molar-refractivity contribution in [2.75, 3.05) is 6.61 Å². The van der Waals surface area contributed by atoms with Crippen molar-refractivity contribution in [1.82, 2.24) is 0 Å². The monoisotopic (exact) mass is 404 g/mol. The molecule has 2 nitrogen and oxygen atoms in total. The van der Waals surface area contributed by atoms with E-state index in [-0.39, 0.29) is 35.6 Å². The van der Waals surface area contributed by atoms with Crippen molar-refractivity contribution in [2.24, 2.45) is 0 Å². The van der Waals surface area contributed by atoms with Crippen LogP contribution in [0, 0.1) is 17.5 Å². The second kappa shape index (κ2) is 9.97. The fraction of sp³-hybridized carbons (Fsp3) is 0.417. The number of ether oxygens (including phenoxy) is 2. The van der Waals surface area contributed by atoms with Gasteiger partial charge in [0.15, 0.2) is 11.6 Å². The molecule has 3 rings (SSSR count). The Hall–Kier alpha value is -2.27. The fourth-order valence-electron chi connectivity index (χ4n) is 3.87. The molecule has 156 valence electrons. The Morgan fingerprint density at radius 1 is 1.00 bits per heavy atom. The van der Waals surface area contributed by atoms with Gasteiger partial charge in [-0.3, -0.25) is 0 Å². The van der Waals surface area contributed by atoms with Crippen LogP contribution in [0.2, 0.25) is 0 Å². The van der Waals surface area contributed by atoms with Crippen LogP contribution in [-0.2, 0) is 11.3 Å². The summed E-state index contributed by atoms with van der Waals surface area (Å²) in [4.78, 5) is 0. The Kier molecular flexibility index (Phi) is 7.37. The van der Waals surface area contributed by atoms with E-state index >= 15 is 0 Å². The largest absolute Gasteiger partial charge is 0.494 e. The summed E-state index contributed by atoms with van der Waals surface area (Å²) in [6.45, 7) is 4.16. The van der Waals surface area contributed by atoms with Gasteiger partial charge in [0.25, 0.3) is 0 Å². The van der Waals surface area contributed by atoms with Crippen molar-refractivity contribution in [2.45, 2.75) is 58.2 Å². The maximum atomic E-state index is 14.4. The van der Waals surface area contributed by atoms with E-state index in [2.05, 4.69) is 0 Å². The molecular formula is C24H27F3O2. The highest BCUT2D eigenvalue weighted by Gasteiger charge is 2.25. The van der Waals surface area contributed by atoms with E-state index in [9.17, 15) is 13.2 Å². The summed E-state index contributed by atoms with van der Waals surface area (Å²) < 4.78 is 53.8. The van der Waals surface area contributed by atoms with Gasteiger partial charge in [-0.15, -0.1) is 0 Å². The lowest BCUT2D eigenvalue weighted by atomic mass is 9.82. The minimum absolute atomic E-state index is 0.0327. The zero-order valence-electron chi connectivity index (χ0n) is 16.9. The molecule has 1 saturated carbocycles. The normalized spacial score (nSPS) is 19.6. The predicted octanol–water partition coefficient (Wildman–Crippen LogP) is 6.78. The van der Waals surface area contributed by atoms with Gasteiger partial charge in [-0.2, -0.15) is 0 Å². The summed E-state index contributed by atoms with van der Waals surface area (Å²) in [5.41, 5.74) is 1.15. The molecule has 1 fully saturated rings. The minimum Gasteiger partial charge on any atom is -0.494 e. The Bertz CT molecular complexity index is 855. The van der Waals surface area contributed by atoms with Crippen molar-refractivity contribution in [3.63, 3.8) is 0 Å². The third-order valence-corrected chi connectivity index (χ3v) is 5.41. The second-order valence-electron chi connectivity index (χ2n) is 7.34. The first-order valence-corrected chi connectivity index (χ1v) is 10.2. The van der Waals surface area contributed by atoms with Gasteiger partial charge in [-0.05, 0) is 57.1 Å². The van der Waals surface area contributed by atoms with Crippen LogP contribution < -0.4 is 4.74 Å². The van der Waals surface area contributed by atoms with Crippen molar-refractivity contribution < 1.29 is 22.6 Å². The topological polar surface area (TPSA) is 18.5 Å². The van der Waals surface area contributed by atoms with E-state index < -0.39 is 11.6 Å². The van der Waals surface area contributed by atoms with Crippen LogP contribution in [0.15, 0.2) is 36.4 Å². The molecule has 0 saturated heterocycles. The van der Waals surface area contributed by atoms with Gasteiger partial charge < -0.3 is 9.47 Å². The SMILES string of the molecule is C/C=C/c1ccc(COC2CCC(c3ccc(OCC)cc3F)CC2)c(F)c1F. The van der Waals surface area contributed by atoms with Crippen LogP contribution in [0.5, 0.6) is 5.75 Å². The Balaban J connectivity index is 1.55. The van der Waals surface area contributed by atoms with Crippen LogP contribution in [0.1, 0.15) is 62.1 Å². The number of hydrogen-bond donors (Lipinski definition) is 0. The number of rotatable bonds is 7. The highest BCUT2D eigenvalue weighted by atomic mass is 19.2. The highest BCUT2D eigenvalue weighted by Crippen LogP contribution is 2.36. The molecule has 29 heavy (non-hydrogen) atoms. The van der Waals surface area contributed by atoms with E-state index in [1.165, 1.54) is 12.1 Å². The molecule has 0 radical (unpaired) electrons. The molecule has 1 aliphatic rings. The summed E-state index contributed by atoms with van der Waals surface area (Å²) in [5, 5.41) is 0. The van der Waals surface area contributed by atoms with Crippen LogP contribution in [0.3, 0.4) is 0 Å². The maximum Gasteiger partial charge on any atom is 0.166 e. The van der Waals surface area contributed by atoms with Crippen molar-refractivity contribution in [1.29, 1.82) is 0 Å². The number of allylic oxidation sites excluding steroid dienone is 1. The van der Waals surface area contributed by atoms with Crippen LogP contribution >= 0.6 is 0 Å². The molecule has 0 aromatic heterocycles. The average molecular weight is 404 g/mol. The predicted molar refractivity (Wildman–Crippen MR) is 108 cm³/mol. The lowest BCUT2D eigenvalue weighted by Gasteiger charge is -2.29. The summed E-state index contributed by atoms with van der Waals surface area (Å²) in [5.74, 6) is -1.26. The summed E-state index contributed by atoms with van der Waals surface area (Å²) in [6, 6.07) is 8.17. The van der Waals surface area contributed by atoms with Gasteiger partial charge >= 0.3 is 0 Å². The number of benzene rings is 2. The summed E-state index contributed by atoms with van der Waals surface area (Å²) in [6.07, 6.45) is 6.29. The van der Waals surface area contributed by atoms with Gasteiger partial charge in [0, 0.05) is 17.2 Å². The van der Waals surface area contributed by atoms with E-state index in [4.69, 9.17) is 9.47 Å². The lowest BCUT2D eigenvalue weighted by Crippen LogP contribution is -2.21. The fourth-order valence-corrected chi connectivity index (χ4v) is 3.87. The first kappa shape index (κ1) is 21.4. The second-order valence-corrected chi connectivity index (χ2v) is 7.34.